The van der Waals surface area contributed by atoms with Crippen LogP contribution >= 0.6 is 0 Å². The molecule has 0 saturated carbocycles. The zero-order valence-electron chi connectivity index (χ0n) is 21.1. The first-order valence-corrected chi connectivity index (χ1v) is 11.9. The molecule has 9 nitrogen and oxygen atoms in total. The molecule has 0 aliphatic carbocycles. The van der Waals surface area contributed by atoms with Gasteiger partial charge in [-0.25, -0.2) is 4.98 Å². The molecule has 1 fully saturated rings. The maximum absolute atomic E-state index is 13.5. The number of carbonyl (C=O) groups excluding carboxylic acids is 1. The van der Waals surface area contributed by atoms with Crippen LogP contribution < -0.4 is 10.6 Å². The van der Waals surface area contributed by atoms with Gasteiger partial charge in [0.15, 0.2) is 0 Å². The molecular weight excluding hydrogens is 464 g/mol. The predicted octanol–water partition coefficient (Wildman–Crippen LogP) is 4.38. The van der Waals surface area contributed by atoms with E-state index in [9.17, 15) is 4.79 Å². The summed E-state index contributed by atoms with van der Waals surface area (Å²) in [5.74, 6) is 0.608. The van der Waals surface area contributed by atoms with E-state index in [1.165, 1.54) is 6.08 Å². The zero-order valence-corrected chi connectivity index (χ0v) is 21.1. The van der Waals surface area contributed by atoms with E-state index in [1.807, 2.05) is 44.0 Å². The number of rotatable bonds is 6. The summed E-state index contributed by atoms with van der Waals surface area (Å²) in [6.45, 7) is 6.83. The van der Waals surface area contributed by atoms with Crippen molar-refractivity contribution in [2.75, 3.05) is 43.9 Å². The second kappa shape index (κ2) is 11.3. The maximum atomic E-state index is 13.5. The Balaban J connectivity index is 1.69. The highest BCUT2D eigenvalue weighted by Crippen LogP contribution is 2.29. The van der Waals surface area contributed by atoms with Crippen LogP contribution in [-0.4, -0.2) is 58.9 Å². The first kappa shape index (κ1) is 25.4. The Hall–Kier alpha value is -4.73. The Labute approximate surface area is 216 Å². The molecule has 0 bridgehead atoms. The van der Waals surface area contributed by atoms with Crippen molar-refractivity contribution in [3.63, 3.8) is 0 Å². The number of piperazine rings is 1. The highest BCUT2D eigenvalue weighted by Gasteiger charge is 2.24. The number of benzene rings is 2. The number of nitriles is 2. The van der Waals surface area contributed by atoms with Crippen LogP contribution in [0.1, 0.15) is 32.6 Å². The third kappa shape index (κ3) is 6.10. The number of hydrogen-bond donors (Lipinski definition) is 2. The molecular formula is C28H28N8O. The zero-order chi connectivity index (χ0) is 26.4. The summed E-state index contributed by atoms with van der Waals surface area (Å²) in [4.78, 5) is 26.6. The number of anilines is 4. The van der Waals surface area contributed by atoms with Crippen LogP contribution in [0.15, 0.2) is 48.7 Å². The van der Waals surface area contributed by atoms with Crippen LogP contribution in [0.4, 0.5) is 23.1 Å². The van der Waals surface area contributed by atoms with Gasteiger partial charge in [-0.05, 0) is 80.1 Å². The van der Waals surface area contributed by atoms with Crippen LogP contribution in [0.5, 0.6) is 0 Å². The summed E-state index contributed by atoms with van der Waals surface area (Å²) in [6.07, 6.45) is 4.76. The van der Waals surface area contributed by atoms with Gasteiger partial charge in [-0.2, -0.15) is 15.5 Å². The van der Waals surface area contributed by atoms with Gasteiger partial charge in [0.05, 0.1) is 17.7 Å². The highest BCUT2D eigenvalue weighted by atomic mass is 16.2. The van der Waals surface area contributed by atoms with E-state index in [-0.39, 0.29) is 5.91 Å². The summed E-state index contributed by atoms with van der Waals surface area (Å²) in [7, 11) is 2.04. The van der Waals surface area contributed by atoms with Gasteiger partial charge < -0.3 is 20.4 Å². The van der Waals surface area contributed by atoms with Crippen LogP contribution in [0.3, 0.4) is 0 Å². The van der Waals surface area contributed by atoms with Gasteiger partial charge in [-0.3, -0.25) is 4.79 Å². The van der Waals surface area contributed by atoms with Crippen molar-refractivity contribution >= 4 is 35.1 Å². The number of hydrogen-bond acceptors (Lipinski definition) is 8. The predicted molar refractivity (Wildman–Crippen MR) is 144 cm³/mol. The molecule has 1 aromatic heterocycles. The number of amides is 1. The average molecular weight is 493 g/mol. The summed E-state index contributed by atoms with van der Waals surface area (Å²) >= 11 is 0. The van der Waals surface area contributed by atoms with E-state index < -0.39 is 0 Å². The molecule has 1 aliphatic rings. The Morgan fingerprint density at radius 2 is 1.70 bits per heavy atom. The molecule has 1 amide bonds. The minimum Gasteiger partial charge on any atom is -0.339 e. The number of nitrogens with one attached hydrogen (secondary N) is 2. The number of allylic oxidation sites excluding steroid dienone is 1. The number of nitrogens with zero attached hydrogens (tertiary/aromatic N) is 6. The van der Waals surface area contributed by atoms with Crippen LogP contribution in [0, 0.1) is 36.5 Å². The van der Waals surface area contributed by atoms with Gasteiger partial charge in [0.25, 0.3) is 5.91 Å². The molecule has 4 rings (SSSR count). The summed E-state index contributed by atoms with van der Waals surface area (Å²) in [5.41, 5.74) is 5.34. The SMILES string of the molecule is Cc1cc(/C=C/C#N)cc(C)c1Nc1nc(Nc2ccc(C#N)cc2)ncc1C(=O)N1CCN(C)CC1. The molecule has 1 aliphatic heterocycles. The number of aromatic nitrogens is 2. The minimum atomic E-state index is -0.121. The van der Waals surface area contributed by atoms with Crippen molar-refractivity contribution in [3.05, 3.63) is 76.5 Å². The van der Waals surface area contributed by atoms with Crippen molar-refractivity contribution in [1.29, 1.82) is 10.5 Å². The third-order valence-corrected chi connectivity index (χ3v) is 6.23. The van der Waals surface area contributed by atoms with Crippen LogP contribution in [0.25, 0.3) is 6.08 Å². The Bertz CT molecular complexity index is 1380. The third-order valence-electron chi connectivity index (χ3n) is 6.23. The summed E-state index contributed by atoms with van der Waals surface area (Å²) < 4.78 is 0. The summed E-state index contributed by atoms with van der Waals surface area (Å²) in [6, 6.07) is 15.0. The Kier molecular flexibility index (Phi) is 7.77. The second-order valence-electron chi connectivity index (χ2n) is 8.98. The number of aryl methyl sites for hydroxylation is 2. The van der Waals surface area contributed by atoms with E-state index in [0.717, 1.165) is 41.2 Å². The molecule has 2 heterocycles. The Morgan fingerprint density at radius 3 is 2.32 bits per heavy atom. The van der Waals surface area contributed by atoms with E-state index in [1.54, 1.807) is 36.5 Å². The fourth-order valence-electron chi connectivity index (χ4n) is 4.17. The second-order valence-corrected chi connectivity index (χ2v) is 8.98. The molecule has 9 heteroatoms. The van der Waals surface area contributed by atoms with Gasteiger partial charge in [-0.1, -0.05) is 0 Å². The quantitative estimate of drug-likeness (QED) is 0.487. The van der Waals surface area contributed by atoms with E-state index in [0.29, 0.717) is 36.0 Å². The van der Waals surface area contributed by atoms with Crippen molar-refractivity contribution in [2.45, 2.75) is 13.8 Å². The molecule has 0 unspecified atom stereocenters. The monoisotopic (exact) mass is 492 g/mol. The average Bonchev–Trinajstić information content (AvgIpc) is 2.90. The highest BCUT2D eigenvalue weighted by molar-refractivity contribution is 5.99. The lowest BCUT2D eigenvalue weighted by molar-refractivity contribution is 0.0664. The summed E-state index contributed by atoms with van der Waals surface area (Å²) in [5, 5.41) is 24.4. The normalized spacial score (nSPS) is 13.7. The maximum Gasteiger partial charge on any atom is 0.259 e. The lowest BCUT2D eigenvalue weighted by Crippen LogP contribution is -2.47. The molecule has 2 N–H and O–H groups in total. The fraction of sp³-hybridized carbons (Fsp3) is 0.250. The lowest BCUT2D eigenvalue weighted by Gasteiger charge is -2.32. The van der Waals surface area contributed by atoms with Gasteiger partial charge in [0, 0.05) is 49.8 Å². The number of carbonyl (C=O) groups is 1. The van der Waals surface area contributed by atoms with Crippen molar-refractivity contribution in [2.24, 2.45) is 0 Å². The molecule has 3 aromatic rings. The molecule has 0 atom stereocenters. The minimum absolute atomic E-state index is 0.121. The van der Waals surface area contributed by atoms with Crippen molar-refractivity contribution in [1.82, 2.24) is 19.8 Å². The van der Waals surface area contributed by atoms with Gasteiger partial charge >= 0.3 is 0 Å². The molecule has 37 heavy (non-hydrogen) atoms. The Morgan fingerprint density at radius 1 is 1.03 bits per heavy atom. The van der Waals surface area contributed by atoms with Gasteiger partial charge in [-0.15, -0.1) is 0 Å². The van der Waals surface area contributed by atoms with Crippen LogP contribution in [0.2, 0.25) is 0 Å². The molecule has 0 spiro atoms. The topological polar surface area (TPSA) is 121 Å². The first-order valence-electron chi connectivity index (χ1n) is 11.9. The molecule has 186 valence electrons. The molecule has 2 aromatic carbocycles. The van der Waals surface area contributed by atoms with Crippen molar-refractivity contribution in [3.8, 4) is 12.1 Å². The smallest absolute Gasteiger partial charge is 0.259 e. The van der Waals surface area contributed by atoms with Gasteiger partial charge in [0.2, 0.25) is 5.95 Å². The van der Waals surface area contributed by atoms with Crippen molar-refractivity contribution < 1.29 is 4.79 Å². The largest absolute Gasteiger partial charge is 0.339 e. The molecule has 1 saturated heterocycles. The van der Waals surface area contributed by atoms with E-state index >= 15 is 0 Å². The number of likely N-dealkylation sites (N-methyl/N-ethyl adjacent to an activating group) is 1. The lowest BCUT2D eigenvalue weighted by atomic mass is 10.0. The standard InChI is InChI=1S/C28H28N8O/c1-19-15-22(5-4-10-29)16-20(2)25(19)33-26-24(27(37)36-13-11-35(3)12-14-36)18-31-28(34-26)32-23-8-6-21(17-30)7-9-23/h4-9,15-16,18H,11-14H2,1-3H3,(H2,31,32,33,34)/b5-4+. The fourth-order valence-corrected chi connectivity index (χ4v) is 4.17. The van der Waals surface area contributed by atoms with Crippen LogP contribution in [-0.2, 0) is 0 Å². The first-order chi connectivity index (χ1) is 17.9. The van der Waals surface area contributed by atoms with E-state index in [2.05, 4.69) is 31.6 Å². The van der Waals surface area contributed by atoms with Gasteiger partial charge in [0.1, 0.15) is 11.4 Å². The molecule has 0 radical (unpaired) electrons. The van der Waals surface area contributed by atoms with E-state index in [4.69, 9.17) is 10.5 Å².